The van der Waals surface area contributed by atoms with Crippen molar-refractivity contribution >= 4 is 28.4 Å². The molecule has 0 saturated carbocycles. The Morgan fingerprint density at radius 3 is 2.78 bits per heavy atom. The van der Waals surface area contributed by atoms with Crippen LogP contribution in [0.25, 0.3) is 0 Å². The molecule has 0 unspecified atom stereocenters. The van der Waals surface area contributed by atoms with Gasteiger partial charge >= 0.3 is 0 Å². The van der Waals surface area contributed by atoms with Crippen LogP contribution < -0.4 is 0 Å². The van der Waals surface area contributed by atoms with Gasteiger partial charge < -0.3 is 0 Å². The van der Waals surface area contributed by atoms with Gasteiger partial charge in [0, 0.05) is 10.8 Å². The van der Waals surface area contributed by atoms with E-state index in [0.29, 0.717) is 5.78 Å². The minimum Gasteiger partial charge on any atom is -0.295 e. The van der Waals surface area contributed by atoms with Crippen LogP contribution in [-0.4, -0.2) is 10.2 Å². The molecule has 1 aliphatic carbocycles. The number of allylic oxidation sites excluding steroid dienone is 2. The van der Waals surface area contributed by atoms with Crippen LogP contribution in [0.5, 0.6) is 0 Å². The fraction of sp³-hybridized carbons (Fsp3) is 0.571. The molecular weight excluding hydrogens is 227 g/mol. The summed E-state index contributed by atoms with van der Waals surface area (Å²) in [5.41, 5.74) is 1.31. The van der Waals surface area contributed by atoms with Crippen molar-refractivity contribution in [1.29, 1.82) is 0 Å². The summed E-state index contributed by atoms with van der Waals surface area (Å²) in [4.78, 5) is 10.8. The summed E-state index contributed by atoms with van der Waals surface area (Å²) in [6, 6.07) is 0. The van der Waals surface area contributed by atoms with Crippen molar-refractivity contribution in [2.24, 2.45) is 0 Å². The fourth-order valence-electron chi connectivity index (χ4n) is 0.967. The molecule has 0 aliphatic heterocycles. The first-order valence-electron chi connectivity index (χ1n) is 3.11. The number of ketones is 1. The van der Waals surface area contributed by atoms with E-state index < -0.39 is 0 Å². The van der Waals surface area contributed by atoms with E-state index in [2.05, 4.69) is 22.6 Å². The SMILES string of the molecule is O=C1C=C(CI)CCC1. The van der Waals surface area contributed by atoms with E-state index in [-0.39, 0.29) is 0 Å². The van der Waals surface area contributed by atoms with E-state index in [1.807, 2.05) is 0 Å². The highest BCUT2D eigenvalue weighted by molar-refractivity contribution is 14.1. The lowest BCUT2D eigenvalue weighted by atomic mass is 10.0. The molecular formula is C7H9IO. The van der Waals surface area contributed by atoms with E-state index in [1.165, 1.54) is 5.57 Å². The number of carbonyl (C=O) groups excluding carboxylic acids is 1. The third-order valence-corrected chi connectivity index (χ3v) is 2.44. The van der Waals surface area contributed by atoms with Crippen LogP contribution in [0.15, 0.2) is 11.6 Å². The molecule has 50 valence electrons. The molecule has 1 aliphatic rings. The maximum Gasteiger partial charge on any atom is 0.155 e. The van der Waals surface area contributed by atoms with E-state index in [1.54, 1.807) is 6.08 Å². The molecule has 0 aromatic rings. The second-order valence-electron chi connectivity index (χ2n) is 2.26. The zero-order valence-electron chi connectivity index (χ0n) is 5.19. The van der Waals surface area contributed by atoms with Crippen molar-refractivity contribution < 1.29 is 4.79 Å². The highest BCUT2D eigenvalue weighted by Crippen LogP contribution is 2.16. The lowest BCUT2D eigenvalue weighted by Gasteiger charge is -2.07. The summed E-state index contributed by atoms with van der Waals surface area (Å²) >= 11 is 2.30. The van der Waals surface area contributed by atoms with Crippen LogP contribution >= 0.6 is 22.6 Å². The second kappa shape index (κ2) is 3.34. The first-order chi connectivity index (χ1) is 4.33. The van der Waals surface area contributed by atoms with Crippen LogP contribution in [0, 0.1) is 0 Å². The molecule has 0 radical (unpaired) electrons. The van der Waals surface area contributed by atoms with Crippen LogP contribution in [0.1, 0.15) is 19.3 Å². The zero-order valence-corrected chi connectivity index (χ0v) is 7.35. The van der Waals surface area contributed by atoms with Crippen LogP contribution in [0.4, 0.5) is 0 Å². The maximum absolute atomic E-state index is 10.8. The Labute approximate surface area is 68.7 Å². The molecule has 0 atom stereocenters. The third kappa shape index (κ3) is 2.08. The zero-order chi connectivity index (χ0) is 6.69. The molecule has 2 heteroatoms. The highest BCUT2D eigenvalue weighted by Gasteiger charge is 2.07. The van der Waals surface area contributed by atoms with Gasteiger partial charge in [-0.3, -0.25) is 4.79 Å². The lowest BCUT2D eigenvalue weighted by molar-refractivity contribution is -0.115. The summed E-state index contributed by atoms with van der Waals surface area (Å²) in [7, 11) is 0. The highest BCUT2D eigenvalue weighted by atomic mass is 127. The third-order valence-electron chi connectivity index (χ3n) is 1.46. The monoisotopic (exact) mass is 236 g/mol. The Hall–Kier alpha value is 0.140. The molecule has 1 nitrogen and oxygen atoms in total. The Morgan fingerprint density at radius 2 is 2.33 bits per heavy atom. The topological polar surface area (TPSA) is 17.1 Å². The summed E-state index contributed by atoms with van der Waals surface area (Å²) in [6.45, 7) is 0. The number of halogens is 1. The minimum atomic E-state index is 0.313. The van der Waals surface area contributed by atoms with Gasteiger partial charge in [0.15, 0.2) is 5.78 Å². The molecule has 0 saturated heterocycles. The number of hydrogen-bond donors (Lipinski definition) is 0. The molecule has 0 amide bonds. The molecule has 1 rings (SSSR count). The van der Waals surface area contributed by atoms with Crippen molar-refractivity contribution in [2.75, 3.05) is 4.43 Å². The maximum atomic E-state index is 10.8. The fourth-order valence-corrected chi connectivity index (χ4v) is 1.57. The molecule has 9 heavy (non-hydrogen) atoms. The van der Waals surface area contributed by atoms with Gasteiger partial charge in [-0.25, -0.2) is 0 Å². The predicted molar refractivity (Wildman–Crippen MR) is 45.8 cm³/mol. The Balaban J connectivity index is 2.59. The Morgan fingerprint density at radius 1 is 1.56 bits per heavy atom. The number of carbonyl (C=O) groups is 1. The average Bonchev–Trinajstić information content (AvgIpc) is 1.88. The first-order valence-corrected chi connectivity index (χ1v) is 4.63. The molecule has 0 fully saturated rings. The number of alkyl halides is 1. The summed E-state index contributed by atoms with van der Waals surface area (Å²) in [6.07, 6.45) is 4.76. The second-order valence-corrected chi connectivity index (χ2v) is 3.02. The molecule has 0 aromatic carbocycles. The lowest BCUT2D eigenvalue weighted by Crippen LogP contribution is -2.02. The van der Waals surface area contributed by atoms with Gasteiger partial charge in [-0.1, -0.05) is 28.2 Å². The average molecular weight is 236 g/mol. The summed E-state index contributed by atoms with van der Waals surface area (Å²) in [5.74, 6) is 0.313. The van der Waals surface area contributed by atoms with E-state index in [4.69, 9.17) is 0 Å². The van der Waals surface area contributed by atoms with Crippen LogP contribution in [-0.2, 0) is 4.79 Å². The molecule has 0 heterocycles. The van der Waals surface area contributed by atoms with Gasteiger partial charge in [0.1, 0.15) is 0 Å². The largest absolute Gasteiger partial charge is 0.295 e. The van der Waals surface area contributed by atoms with E-state index in [9.17, 15) is 4.79 Å². The van der Waals surface area contributed by atoms with Crippen LogP contribution in [0.3, 0.4) is 0 Å². The van der Waals surface area contributed by atoms with Crippen molar-refractivity contribution in [1.82, 2.24) is 0 Å². The van der Waals surface area contributed by atoms with Gasteiger partial charge in [-0.2, -0.15) is 0 Å². The summed E-state index contributed by atoms with van der Waals surface area (Å²) < 4.78 is 1.02. The minimum absolute atomic E-state index is 0.313. The smallest absolute Gasteiger partial charge is 0.155 e. The Kier molecular flexibility index (Phi) is 2.69. The van der Waals surface area contributed by atoms with Crippen molar-refractivity contribution in [3.05, 3.63) is 11.6 Å². The first kappa shape index (κ1) is 7.25. The van der Waals surface area contributed by atoms with Gasteiger partial charge in [0.05, 0.1) is 0 Å². The molecule has 0 aromatic heterocycles. The van der Waals surface area contributed by atoms with Crippen molar-refractivity contribution in [2.45, 2.75) is 19.3 Å². The van der Waals surface area contributed by atoms with Gasteiger partial charge in [-0.15, -0.1) is 0 Å². The van der Waals surface area contributed by atoms with Crippen LogP contribution in [0.2, 0.25) is 0 Å². The van der Waals surface area contributed by atoms with E-state index in [0.717, 1.165) is 23.7 Å². The molecule has 0 bridgehead atoms. The normalized spacial score (nSPS) is 19.7. The molecule has 0 N–H and O–H groups in total. The summed E-state index contributed by atoms with van der Waals surface area (Å²) in [5, 5.41) is 0. The van der Waals surface area contributed by atoms with Gasteiger partial charge in [0.25, 0.3) is 0 Å². The van der Waals surface area contributed by atoms with Gasteiger partial charge in [-0.05, 0) is 18.9 Å². The Bertz CT molecular complexity index is 149. The molecule has 0 spiro atoms. The van der Waals surface area contributed by atoms with Crippen molar-refractivity contribution in [3.63, 3.8) is 0 Å². The number of rotatable bonds is 1. The standard InChI is InChI=1S/C7H9IO/c8-5-6-2-1-3-7(9)4-6/h4H,1-3,5H2. The van der Waals surface area contributed by atoms with Crippen molar-refractivity contribution in [3.8, 4) is 0 Å². The quantitative estimate of drug-likeness (QED) is 0.503. The predicted octanol–water partition coefficient (Wildman–Crippen LogP) is 2.10. The van der Waals surface area contributed by atoms with Gasteiger partial charge in [0.2, 0.25) is 0 Å². The van der Waals surface area contributed by atoms with E-state index >= 15 is 0 Å². The number of hydrogen-bond acceptors (Lipinski definition) is 1.